The zero-order chi connectivity index (χ0) is 19.6. The summed E-state index contributed by atoms with van der Waals surface area (Å²) in [6.45, 7) is 10.1. The Morgan fingerprint density at radius 3 is 2.70 bits per heavy atom. The average Bonchev–Trinajstić information content (AvgIpc) is 2.59. The van der Waals surface area contributed by atoms with Crippen LogP contribution in [-0.2, 0) is 4.79 Å². The van der Waals surface area contributed by atoms with E-state index in [0.29, 0.717) is 6.42 Å². The molecule has 0 fully saturated rings. The van der Waals surface area contributed by atoms with Gasteiger partial charge in [0.25, 0.3) is 5.91 Å². The predicted molar refractivity (Wildman–Crippen MR) is 107 cm³/mol. The van der Waals surface area contributed by atoms with Crippen LogP contribution in [0, 0.1) is 13.8 Å². The third-order valence-electron chi connectivity index (χ3n) is 4.97. The molecule has 144 valence electrons. The van der Waals surface area contributed by atoms with Gasteiger partial charge in [-0.3, -0.25) is 4.79 Å². The first-order valence-corrected chi connectivity index (χ1v) is 9.61. The third kappa shape index (κ3) is 4.44. The minimum atomic E-state index is -0.522. The van der Waals surface area contributed by atoms with Crippen LogP contribution in [0.5, 0.6) is 11.5 Å². The standard InChI is InChI=1S/C23H29NO3/c1-6-19(26-20-10-8-7-9-16(20)3)22(25)24-18-14-23(4,5)27-21-13-15(2)11-12-17(18)21/h7-13,18-19H,6,14H2,1-5H3,(H,24,25)/t18-,19+/m0/s1. The molecule has 2 aromatic carbocycles. The lowest BCUT2D eigenvalue weighted by Gasteiger charge is -2.38. The fourth-order valence-corrected chi connectivity index (χ4v) is 3.52. The zero-order valence-electron chi connectivity index (χ0n) is 16.8. The van der Waals surface area contributed by atoms with Crippen molar-refractivity contribution in [3.05, 3.63) is 59.2 Å². The number of rotatable bonds is 5. The number of para-hydroxylation sites is 1. The molecule has 4 nitrogen and oxygen atoms in total. The first kappa shape index (κ1) is 19.3. The average molecular weight is 367 g/mol. The van der Waals surface area contributed by atoms with Crippen LogP contribution in [0.2, 0.25) is 0 Å². The molecule has 1 N–H and O–H groups in total. The molecule has 1 heterocycles. The van der Waals surface area contributed by atoms with E-state index in [4.69, 9.17) is 9.47 Å². The van der Waals surface area contributed by atoms with Gasteiger partial charge in [-0.2, -0.15) is 0 Å². The molecular weight excluding hydrogens is 338 g/mol. The number of ether oxygens (including phenoxy) is 2. The number of fused-ring (bicyclic) bond motifs is 1. The van der Waals surface area contributed by atoms with Crippen molar-refractivity contribution in [3.63, 3.8) is 0 Å². The van der Waals surface area contributed by atoms with Crippen LogP contribution in [-0.4, -0.2) is 17.6 Å². The van der Waals surface area contributed by atoms with Crippen molar-refractivity contribution in [2.24, 2.45) is 0 Å². The maximum absolute atomic E-state index is 13.0. The fraction of sp³-hybridized carbons (Fsp3) is 0.435. The monoisotopic (exact) mass is 367 g/mol. The summed E-state index contributed by atoms with van der Waals surface area (Å²) in [5, 5.41) is 3.20. The van der Waals surface area contributed by atoms with Gasteiger partial charge in [0.1, 0.15) is 17.1 Å². The molecule has 4 heteroatoms. The Bertz CT molecular complexity index is 828. The Hall–Kier alpha value is -2.49. The zero-order valence-corrected chi connectivity index (χ0v) is 16.8. The highest BCUT2D eigenvalue weighted by Gasteiger charge is 2.35. The third-order valence-corrected chi connectivity index (χ3v) is 4.97. The maximum Gasteiger partial charge on any atom is 0.261 e. The van der Waals surface area contributed by atoms with E-state index in [9.17, 15) is 4.79 Å². The minimum Gasteiger partial charge on any atom is -0.487 e. The lowest BCUT2D eigenvalue weighted by molar-refractivity contribution is -0.129. The molecule has 0 aromatic heterocycles. The Balaban J connectivity index is 1.79. The Morgan fingerprint density at radius 1 is 1.26 bits per heavy atom. The van der Waals surface area contributed by atoms with Crippen LogP contribution in [0.4, 0.5) is 0 Å². The molecule has 0 saturated heterocycles. The highest BCUT2D eigenvalue weighted by atomic mass is 16.5. The lowest BCUT2D eigenvalue weighted by Crippen LogP contribution is -2.45. The highest BCUT2D eigenvalue weighted by Crippen LogP contribution is 2.40. The molecule has 2 atom stereocenters. The van der Waals surface area contributed by atoms with Crippen LogP contribution in [0.15, 0.2) is 42.5 Å². The molecule has 1 aliphatic heterocycles. The number of nitrogens with one attached hydrogen (secondary N) is 1. The summed E-state index contributed by atoms with van der Waals surface area (Å²) in [5.74, 6) is 1.52. The molecule has 1 amide bonds. The fourth-order valence-electron chi connectivity index (χ4n) is 3.52. The second kappa shape index (κ2) is 7.63. The van der Waals surface area contributed by atoms with Gasteiger partial charge in [-0.25, -0.2) is 0 Å². The number of aryl methyl sites for hydroxylation is 2. The number of hydrogen-bond acceptors (Lipinski definition) is 3. The van der Waals surface area contributed by atoms with Gasteiger partial charge in [0.2, 0.25) is 0 Å². The summed E-state index contributed by atoms with van der Waals surface area (Å²) in [6, 6.07) is 13.8. The predicted octanol–water partition coefficient (Wildman–Crippen LogP) is 4.88. The number of benzene rings is 2. The number of hydrogen-bond donors (Lipinski definition) is 1. The van der Waals surface area contributed by atoms with E-state index in [0.717, 1.165) is 34.6 Å². The van der Waals surface area contributed by atoms with Crippen molar-refractivity contribution in [1.82, 2.24) is 5.32 Å². The Labute approximate surface area is 161 Å². The molecule has 27 heavy (non-hydrogen) atoms. The first-order chi connectivity index (χ1) is 12.8. The van der Waals surface area contributed by atoms with Gasteiger partial charge in [-0.1, -0.05) is 37.3 Å². The molecule has 0 saturated carbocycles. The quantitative estimate of drug-likeness (QED) is 0.819. The summed E-state index contributed by atoms with van der Waals surface area (Å²) in [5.41, 5.74) is 2.86. The van der Waals surface area contributed by atoms with Crippen molar-refractivity contribution in [3.8, 4) is 11.5 Å². The highest BCUT2D eigenvalue weighted by molar-refractivity contribution is 5.81. The van der Waals surface area contributed by atoms with Crippen molar-refractivity contribution >= 4 is 5.91 Å². The van der Waals surface area contributed by atoms with Crippen molar-refractivity contribution in [2.45, 2.75) is 65.2 Å². The number of carbonyl (C=O) groups is 1. The van der Waals surface area contributed by atoms with Crippen LogP contribution in [0.1, 0.15) is 56.3 Å². The van der Waals surface area contributed by atoms with E-state index in [-0.39, 0.29) is 17.6 Å². The molecule has 0 aliphatic carbocycles. The summed E-state index contributed by atoms with van der Waals surface area (Å²) in [4.78, 5) is 13.0. The van der Waals surface area contributed by atoms with Crippen LogP contribution < -0.4 is 14.8 Å². The molecule has 3 rings (SSSR count). The molecular formula is C23H29NO3. The van der Waals surface area contributed by atoms with Gasteiger partial charge in [0, 0.05) is 12.0 Å². The molecule has 0 spiro atoms. The van der Waals surface area contributed by atoms with E-state index < -0.39 is 6.10 Å². The second-order valence-corrected chi connectivity index (χ2v) is 7.95. The Morgan fingerprint density at radius 2 is 2.00 bits per heavy atom. The number of amides is 1. The summed E-state index contributed by atoms with van der Waals surface area (Å²) < 4.78 is 12.1. The van der Waals surface area contributed by atoms with Gasteiger partial charge in [0.05, 0.1) is 6.04 Å². The van der Waals surface area contributed by atoms with Gasteiger partial charge >= 0.3 is 0 Å². The van der Waals surface area contributed by atoms with E-state index in [1.807, 2.05) is 57.2 Å². The lowest BCUT2D eigenvalue weighted by atomic mass is 9.89. The molecule has 2 aromatic rings. The minimum absolute atomic E-state index is 0.0880. The summed E-state index contributed by atoms with van der Waals surface area (Å²) in [6.07, 6.45) is 0.800. The number of carbonyl (C=O) groups excluding carboxylic acids is 1. The second-order valence-electron chi connectivity index (χ2n) is 7.95. The SMILES string of the molecule is CC[C@@H](Oc1ccccc1C)C(=O)N[C@H]1CC(C)(C)Oc2cc(C)ccc21. The topological polar surface area (TPSA) is 47.6 Å². The molecule has 1 aliphatic rings. The van der Waals surface area contributed by atoms with E-state index in [1.165, 1.54) is 0 Å². The van der Waals surface area contributed by atoms with Crippen molar-refractivity contribution in [2.75, 3.05) is 0 Å². The molecule has 0 radical (unpaired) electrons. The maximum atomic E-state index is 13.0. The van der Waals surface area contributed by atoms with Crippen molar-refractivity contribution in [1.29, 1.82) is 0 Å². The Kier molecular flexibility index (Phi) is 5.45. The summed E-state index contributed by atoms with van der Waals surface area (Å²) >= 11 is 0. The van der Waals surface area contributed by atoms with Crippen LogP contribution in [0.25, 0.3) is 0 Å². The van der Waals surface area contributed by atoms with Crippen LogP contribution >= 0.6 is 0 Å². The normalized spacial score (nSPS) is 18.8. The smallest absolute Gasteiger partial charge is 0.261 e. The van der Waals surface area contributed by atoms with Gasteiger partial charge < -0.3 is 14.8 Å². The molecule has 0 unspecified atom stereocenters. The molecule has 0 bridgehead atoms. The van der Waals surface area contributed by atoms with E-state index >= 15 is 0 Å². The largest absolute Gasteiger partial charge is 0.487 e. The van der Waals surface area contributed by atoms with Crippen molar-refractivity contribution < 1.29 is 14.3 Å². The van der Waals surface area contributed by atoms with E-state index in [2.05, 4.69) is 25.2 Å². The van der Waals surface area contributed by atoms with Gasteiger partial charge in [0.15, 0.2) is 6.10 Å². The van der Waals surface area contributed by atoms with E-state index in [1.54, 1.807) is 0 Å². The van der Waals surface area contributed by atoms with Crippen LogP contribution in [0.3, 0.4) is 0 Å². The first-order valence-electron chi connectivity index (χ1n) is 9.61. The van der Waals surface area contributed by atoms with Gasteiger partial charge in [-0.05, 0) is 57.4 Å². The van der Waals surface area contributed by atoms with Gasteiger partial charge in [-0.15, -0.1) is 0 Å². The summed E-state index contributed by atoms with van der Waals surface area (Å²) in [7, 11) is 0.